The zero-order valence-electron chi connectivity index (χ0n) is 13.8. The van der Waals surface area contributed by atoms with Gasteiger partial charge in [0.15, 0.2) is 5.69 Å². The first-order valence-corrected chi connectivity index (χ1v) is 8.08. The second-order valence-electron chi connectivity index (χ2n) is 5.13. The first-order valence-electron chi connectivity index (χ1n) is 7.70. The molecule has 7 nitrogen and oxygen atoms in total. The molecule has 0 amide bonds. The Balaban J connectivity index is 2.71. The van der Waals surface area contributed by atoms with Crippen molar-refractivity contribution in [1.29, 1.82) is 0 Å². The van der Waals surface area contributed by atoms with E-state index in [1.165, 1.54) is 6.07 Å². The highest BCUT2D eigenvalue weighted by Gasteiger charge is 2.27. The molecule has 2 aromatic heterocycles. The van der Waals surface area contributed by atoms with E-state index in [0.717, 1.165) is 0 Å². The Kier molecular flexibility index (Phi) is 5.80. The van der Waals surface area contributed by atoms with E-state index < -0.39 is 11.9 Å². The highest BCUT2D eigenvalue weighted by molar-refractivity contribution is 6.38. The van der Waals surface area contributed by atoms with Gasteiger partial charge in [-0.05, 0) is 32.9 Å². The average molecular weight is 354 g/mol. The van der Waals surface area contributed by atoms with Crippen molar-refractivity contribution in [2.24, 2.45) is 5.73 Å². The minimum Gasteiger partial charge on any atom is -0.461 e. The molecule has 0 aliphatic rings. The molecule has 130 valence electrons. The molecule has 0 saturated heterocycles. The maximum absolute atomic E-state index is 12.3. The summed E-state index contributed by atoms with van der Waals surface area (Å²) >= 11 is 6.37. The summed E-state index contributed by atoms with van der Waals surface area (Å²) in [7, 11) is 0. The van der Waals surface area contributed by atoms with Crippen LogP contribution in [0.15, 0.2) is 12.1 Å². The molecule has 8 heteroatoms. The summed E-state index contributed by atoms with van der Waals surface area (Å²) < 4.78 is 11.7. The van der Waals surface area contributed by atoms with Gasteiger partial charge in [0.2, 0.25) is 0 Å². The molecule has 2 aromatic rings. The number of fused-ring (bicyclic) bond motifs is 1. The van der Waals surface area contributed by atoms with Crippen LogP contribution in [0.4, 0.5) is 0 Å². The van der Waals surface area contributed by atoms with Crippen molar-refractivity contribution in [2.45, 2.75) is 26.8 Å². The fourth-order valence-corrected chi connectivity index (χ4v) is 2.70. The Morgan fingerprint density at radius 1 is 1.25 bits per heavy atom. The van der Waals surface area contributed by atoms with Gasteiger partial charge in [-0.25, -0.2) is 14.6 Å². The minimum atomic E-state index is -0.557. The van der Waals surface area contributed by atoms with Crippen LogP contribution < -0.4 is 5.73 Å². The van der Waals surface area contributed by atoms with Crippen LogP contribution in [0.2, 0.25) is 5.02 Å². The third-order valence-electron chi connectivity index (χ3n) is 3.52. The minimum absolute atomic E-state index is 0.138. The van der Waals surface area contributed by atoms with Crippen LogP contribution in [0.5, 0.6) is 0 Å². The highest BCUT2D eigenvalue weighted by Crippen LogP contribution is 2.33. The summed E-state index contributed by atoms with van der Waals surface area (Å²) in [6, 6.07) is 2.89. The van der Waals surface area contributed by atoms with Crippen molar-refractivity contribution in [3.05, 3.63) is 28.5 Å². The SMILES string of the molecule is CCOC(=O)c1ccc2c(Cl)c(C(=O)OCC)n(C(C)CN)c2n1. The smallest absolute Gasteiger partial charge is 0.356 e. The number of hydrogen-bond donors (Lipinski definition) is 1. The zero-order valence-corrected chi connectivity index (χ0v) is 14.6. The van der Waals surface area contributed by atoms with Crippen molar-refractivity contribution < 1.29 is 19.1 Å². The summed E-state index contributed by atoms with van der Waals surface area (Å²) in [4.78, 5) is 28.6. The van der Waals surface area contributed by atoms with Gasteiger partial charge in [0.1, 0.15) is 11.3 Å². The summed E-state index contributed by atoms with van der Waals surface area (Å²) in [5.41, 5.74) is 6.47. The van der Waals surface area contributed by atoms with Crippen molar-refractivity contribution in [1.82, 2.24) is 9.55 Å². The molecule has 0 saturated carbocycles. The number of halogens is 1. The number of nitrogens with zero attached hydrogens (tertiary/aromatic N) is 2. The van der Waals surface area contributed by atoms with Crippen molar-refractivity contribution in [3.8, 4) is 0 Å². The molecular weight excluding hydrogens is 334 g/mol. The number of nitrogens with two attached hydrogens (primary N) is 1. The quantitative estimate of drug-likeness (QED) is 0.802. The summed E-state index contributed by atoms with van der Waals surface area (Å²) in [6.45, 7) is 5.98. The van der Waals surface area contributed by atoms with Gasteiger partial charge < -0.3 is 19.8 Å². The van der Waals surface area contributed by atoms with Gasteiger partial charge in [0.05, 0.1) is 18.2 Å². The molecule has 2 N–H and O–H groups in total. The normalized spacial score (nSPS) is 12.2. The maximum Gasteiger partial charge on any atom is 0.356 e. The monoisotopic (exact) mass is 353 g/mol. The molecule has 0 radical (unpaired) electrons. The van der Waals surface area contributed by atoms with Crippen LogP contribution in [0.3, 0.4) is 0 Å². The van der Waals surface area contributed by atoms with Crippen LogP contribution in [-0.2, 0) is 9.47 Å². The number of aromatic nitrogens is 2. The van der Waals surface area contributed by atoms with Crippen LogP contribution in [0.1, 0.15) is 47.8 Å². The number of pyridine rings is 1. The number of ether oxygens (including phenoxy) is 2. The second-order valence-corrected chi connectivity index (χ2v) is 5.50. The van der Waals surface area contributed by atoms with Crippen molar-refractivity contribution in [2.75, 3.05) is 19.8 Å². The largest absolute Gasteiger partial charge is 0.461 e. The van der Waals surface area contributed by atoms with Gasteiger partial charge in [-0.3, -0.25) is 0 Å². The molecule has 0 bridgehead atoms. The lowest BCUT2D eigenvalue weighted by atomic mass is 10.3. The van der Waals surface area contributed by atoms with E-state index in [-0.39, 0.29) is 42.2 Å². The van der Waals surface area contributed by atoms with Crippen LogP contribution >= 0.6 is 11.6 Å². The predicted molar refractivity (Wildman–Crippen MR) is 90.4 cm³/mol. The van der Waals surface area contributed by atoms with Crippen molar-refractivity contribution >= 4 is 34.6 Å². The lowest BCUT2D eigenvalue weighted by Crippen LogP contribution is -2.22. The predicted octanol–water partition coefficient (Wildman–Crippen LogP) is 2.56. The van der Waals surface area contributed by atoms with E-state index in [1.807, 2.05) is 6.92 Å². The highest BCUT2D eigenvalue weighted by atomic mass is 35.5. The zero-order chi connectivity index (χ0) is 17.9. The number of rotatable bonds is 6. The van der Waals surface area contributed by atoms with Crippen LogP contribution in [0.25, 0.3) is 11.0 Å². The molecule has 0 fully saturated rings. The van der Waals surface area contributed by atoms with Gasteiger partial charge in [0.25, 0.3) is 0 Å². The molecular formula is C16H20ClN3O4. The fourth-order valence-electron chi connectivity index (χ4n) is 2.38. The fraction of sp³-hybridized carbons (Fsp3) is 0.438. The molecule has 2 heterocycles. The number of carbonyl (C=O) groups excluding carboxylic acids is 2. The van der Waals surface area contributed by atoms with Gasteiger partial charge >= 0.3 is 11.9 Å². The van der Waals surface area contributed by atoms with E-state index in [2.05, 4.69) is 4.98 Å². The van der Waals surface area contributed by atoms with Gasteiger partial charge in [-0.15, -0.1) is 0 Å². The van der Waals surface area contributed by atoms with Gasteiger partial charge in [0, 0.05) is 18.0 Å². The van der Waals surface area contributed by atoms with Crippen LogP contribution in [0, 0.1) is 0 Å². The van der Waals surface area contributed by atoms with Gasteiger partial charge in [-0.1, -0.05) is 11.6 Å². The number of carbonyl (C=O) groups is 2. The van der Waals surface area contributed by atoms with E-state index in [1.54, 1.807) is 24.5 Å². The molecule has 0 aliphatic carbocycles. The van der Waals surface area contributed by atoms with E-state index in [9.17, 15) is 9.59 Å². The Hall–Kier alpha value is -2.12. The first kappa shape index (κ1) is 18.2. The number of esters is 2. The van der Waals surface area contributed by atoms with E-state index in [4.69, 9.17) is 26.8 Å². The Morgan fingerprint density at radius 2 is 1.88 bits per heavy atom. The number of hydrogen-bond acceptors (Lipinski definition) is 6. The lowest BCUT2D eigenvalue weighted by Gasteiger charge is -2.16. The molecule has 24 heavy (non-hydrogen) atoms. The summed E-state index contributed by atoms with van der Waals surface area (Å²) in [5.74, 6) is -1.10. The van der Waals surface area contributed by atoms with Gasteiger partial charge in [-0.2, -0.15) is 0 Å². The molecule has 0 spiro atoms. The Labute approximate surface area is 144 Å². The molecule has 0 aliphatic heterocycles. The molecule has 0 aromatic carbocycles. The lowest BCUT2D eigenvalue weighted by molar-refractivity contribution is 0.0508. The topological polar surface area (TPSA) is 96.4 Å². The van der Waals surface area contributed by atoms with E-state index >= 15 is 0 Å². The maximum atomic E-state index is 12.3. The van der Waals surface area contributed by atoms with Crippen molar-refractivity contribution in [3.63, 3.8) is 0 Å². The standard InChI is InChI=1S/C16H20ClN3O4/c1-4-23-15(21)11-7-6-10-12(17)13(16(22)24-5-2)20(9(3)8-18)14(10)19-11/h6-7,9H,4-5,8,18H2,1-3H3. The Morgan fingerprint density at radius 3 is 2.46 bits per heavy atom. The third-order valence-corrected chi connectivity index (χ3v) is 3.91. The second kappa shape index (κ2) is 7.63. The average Bonchev–Trinajstić information content (AvgIpc) is 2.87. The molecule has 2 rings (SSSR count). The first-order chi connectivity index (χ1) is 11.5. The third kappa shape index (κ3) is 3.22. The van der Waals surface area contributed by atoms with E-state index in [0.29, 0.717) is 11.0 Å². The summed E-state index contributed by atoms with van der Waals surface area (Å²) in [6.07, 6.45) is 0. The molecule has 1 atom stereocenters. The summed E-state index contributed by atoms with van der Waals surface area (Å²) in [5, 5.41) is 0.778. The van der Waals surface area contributed by atoms with Crippen LogP contribution in [-0.4, -0.2) is 41.2 Å². The Bertz CT molecular complexity index is 772. The molecule has 1 unspecified atom stereocenters.